The van der Waals surface area contributed by atoms with Crippen LogP contribution < -0.4 is 4.74 Å². The third-order valence-electron chi connectivity index (χ3n) is 2.87. The molecule has 0 radical (unpaired) electrons. The molecule has 2 rings (SSSR count). The smallest absolute Gasteiger partial charge is 0.123 e. The minimum absolute atomic E-state index is 0.0411. The van der Waals surface area contributed by atoms with Gasteiger partial charge in [0.25, 0.3) is 0 Å². The average molecular weight is 272 g/mol. The van der Waals surface area contributed by atoms with Gasteiger partial charge in [0.05, 0.1) is 26.4 Å². The predicted molar refractivity (Wildman–Crippen MR) is 69.6 cm³/mol. The van der Waals surface area contributed by atoms with Gasteiger partial charge in [-0.25, -0.2) is 4.39 Å². The molecule has 0 aliphatic carbocycles. The lowest BCUT2D eigenvalue weighted by molar-refractivity contribution is -0.121. The Balaban J connectivity index is 1.60. The highest BCUT2D eigenvalue weighted by atomic mass is 32.2. The molecule has 1 aliphatic rings. The highest BCUT2D eigenvalue weighted by Gasteiger charge is 2.37. The van der Waals surface area contributed by atoms with Crippen molar-refractivity contribution in [2.24, 2.45) is 5.41 Å². The maximum atomic E-state index is 12.7. The van der Waals surface area contributed by atoms with Gasteiger partial charge in [0, 0.05) is 16.9 Å². The highest BCUT2D eigenvalue weighted by Crippen LogP contribution is 2.30. The number of aliphatic hydroxyl groups is 1. The number of rotatable bonds is 7. The summed E-state index contributed by atoms with van der Waals surface area (Å²) in [6.45, 7) is 2.06. The predicted octanol–water partition coefficient (Wildman–Crippen LogP) is 1.95. The van der Waals surface area contributed by atoms with Crippen LogP contribution in [-0.4, -0.2) is 43.0 Å². The Bertz CT molecular complexity index is 359. The molecule has 1 heterocycles. The van der Waals surface area contributed by atoms with Crippen LogP contribution in [0.25, 0.3) is 0 Å². The van der Waals surface area contributed by atoms with Crippen LogP contribution in [0, 0.1) is 11.2 Å². The maximum absolute atomic E-state index is 12.7. The normalized spacial score (nSPS) is 17.2. The minimum atomic E-state index is -0.258. The molecular formula is C13H17FO3S. The van der Waals surface area contributed by atoms with E-state index in [2.05, 4.69) is 0 Å². The summed E-state index contributed by atoms with van der Waals surface area (Å²) in [5.41, 5.74) is -0.0411. The Morgan fingerprint density at radius 3 is 2.61 bits per heavy atom. The molecule has 0 bridgehead atoms. The first kappa shape index (κ1) is 13.6. The molecule has 1 aromatic carbocycles. The van der Waals surface area contributed by atoms with E-state index in [9.17, 15) is 9.50 Å². The zero-order valence-corrected chi connectivity index (χ0v) is 10.9. The molecule has 1 fully saturated rings. The third kappa shape index (κ3) is 3.60. The van der Waals surface area contributed by atoms with Crippen molar-refractivity contribution in [3.05, 3.63) is 30.1 Å². The fourth-order valence-electron chi connectivity index (χ4n) is 1.65. The van der Waals surface area contributed by atoms with E-state index in [4.69, 9.17) is 9.47 Å². The van der Waals surface area contributed by atoms with Crippen molar-refractivity contribution in [2.75, 3.05) is 37.9 Å². The van der Waals surface area contributed by atoms with Crippen LogP contribution in [0.1, 0.15) is 0 Å². The molecule has 0 spiro atoms. The van der Waals surface area contributed by atoms with Gasteiger partial charge in [-0.1, -0.05) is 0 Å². The second kappa shape index (κ2) is 6.41. The molecule has 1 N–H and O–H groups in total. The quantitative estimate of drug-likeness (QED) is 0.770. The highest BCUT2D eigenvalue weighted by molar-refractivity contribution is 7.99. The van der Waals surface area contributed by atoms with Crippen LogP contribution in [0.4, 0.5) is 4.39 Å². The van der Waals surface area contributed by atoms with Crippen LogP contribution in [0.15, 0.2) is 24.3 Å². The molecule has 1 aromatic rings. The van der Waals surface area contributed by atoms with Crippen molar-refractivity contribution in [1.82, 2.24) is 0 Å². The van der Waals surface area contributed by atoms with Crippen LogP contribution >= 0.6 is 11.8 Å². The maximum Gasteiger partial charge on any atom is 0.123 e. The molecule has 0 atom stereocenters. The minimum Gasteiger partial charge on any atom is -0.493 e. The van der Waals surface area contributed by atoms with Crippen molar-refractivity contribution < 1.29 is 19.0 Å². The topological polar surface area (TPSA) is 38.7 Å². The molecule has 0 amide bonds. The van der Waals surface area contributed by atoms with Crippen molar-refractivity contribution in [3.8, 4) is 5.75 Å². The summed E-state index contributed by atoms with van der Waals surface area (Å²) in [5.74, 6) is 2.16. The summed E-state index contributed by atoms with van der Waals surface area (Å²) in [5, 5.41) is 9.24. The average Bonchev–Trinajstić information content (AvgIpc) is 2.34. The Labute approximate surface area is 110 Å². The van der Waals surface area contributed by atoms with Gasteiger partial charge in [0.1, 0.15) is 11.6 Å². The van der Waals surface area contributed by atoms with Crippen LogP contribution in [0.5, 0.6) is 5.75 Å². The van der Waals surface area contributed by atoms with E-state index in [0.717, 1.165) is 11.5 Å². The van der Waals surface area contributed by atoms with Crippen LogP contribution in [0.2, 0.25) is 0 Å². The Morgan fingerprint density at radius 2 is 2.06 bits per heavy atom. The molecule has 100 valence electrons. The zero-order chi connectivity index (χ0) is 12.8. The Morgan fingerprint density at radius 1 is 1.33 bits per heavy atom. The number of benzene rings is 1. The van der Waals surface area contributed by atoms with Gasteiger partial charge in [-0.3, -0.25) is 0 Å². The standard InChI is InChI=1S/C13H17FO3S/c14-11-1-3-12(4-2-11)17-5-6-18-10-13(7-15)8-16-9-13/h1-4,15H,5-10H2. The number of aliphatic hydroxyl groups excluding tert-OH is 1. The molecule has 1 saturated heterocycles. The monoisotopic (exact) mass is 272 g/mol. The van der Waals surface area contributed by atoms with Gasteiger partial charge >= 0.3 is 0 Å². The summed E-state index contributed by atoms with van der Waals surface area (Å²) in [6, 6.07) is 6.01. The summed E-state index contributed by atoms with van der Waals surface area (Å²) < 4.78 is 23.3. The lowest BCUT2D eigenvalue weighted by Crippen LogP contribution is -2.47. The number of thioether (sulfide) groups is 1. The summed E-state index contributed by atoms with van der Waals surface area (Å²) in [6.07, 6.45) is 0. The van der Waals surface area contributed by atoms with Gasteiger partial charge in [-0.2, -0.15) is 11.8 Å². The molecule has 18 heavy (non-hydrogen) atoms. The Hall–Kier alpha value is -0.780. The van der Waals surface area contributed by atoms with E-state index in [0.29, 0.717) is 25.6 Å². The first-order valence-electron chi connectivity index (χ1n) is 5.89. The lowest BCUT2D eigenvalue weighted by Gasteiger charge is -2.39. The molecule has 3 nitrogen and oxygen atoms in total. The van der Waals surface area contributed by atoms with E-state index in [-0.39, 0.29) is 17.8 Å². The van der Waals surface area contributed by atoms with E-state index in [1.807, 2.05) is 0 Å². The van der Waals surface area contributed by atoms with Gasteiger partial charge in [0.15, 0.2) is 0 Å². The van der Waals surface area contributed by atoms with E-state index >= 15 is 0 Å². The molecule has 0 aromatic heterocycles. The van der Waals surface area contributed by atoms with E-state index in [1.165, 1.54) is 12.1 Å². The van der Waals surface area contributed by atoms with Crippen molar-refractivity contribution in [3.63, 3.8) is 0 Å². The second-order valence-electron chi connectivity index (χ2n) is 4.51. The van der Waals surface area contributed by atoms with Gasteiger partial charge in [-0.05, 0) is 24.3 Å². The van der Waals surface area contributed by atoms with E-state index in [1.54, 1.807) is 23.9 Å². The Kier molecular flexibility index (Phi) is 4.86. The molecule has 0 unspecified atom stereocenters. The fraction of sp³-hybridized carbons (Fsp3) is 0.538. The first-order valence-corrected chi connectivity index (χ1v) is 7.04. The van der Waals surface area contributed by atoms with Crippen LogP contribution in [0.3, 0.4) is 0 Å². The summed E-state index contributed by atoms with van der Waals surface area (Å²) in [7, 11) is 0. The fourth-order valence-corrected chi connectivity index (χ4v) is 2.69. The van der Waals surface area contributed by atoms with Gasteiger partial charge in [0.2, 0.25) is 0 Å². The van der Waals surface area contributed by atoms with Crippen molar-refractivity contribution in [2.45, 2.75) is 0 Å². The largest absolute Gasteiger partial charge is 0.493 e. The molecule has 1 aliphatic heterocycles. The number of halogens is 1. The number of ether oxygens (including phenoxy) is 2. The van der Waals surface area contributed by atoms with E-state index < -0.39 is 0 Å². The van der Waals surface area contributed by atoms with Crippen molar-refractivity contribution in [1.29, 1.82) is 0 Å². The third-order valence-corrected chi connectivity index (χ3v) is 4.14. The SMILES string of the molecule is OCC1(CSCCOc2ccc(F)cc2)COC1. The zero-order valence-electron chi connectivity index (χ0n) is 10.1. The summed E-state index contributed by atoms with van der Waals surface area (Å²) in [4.78, 5) is 0. The molecular weight excluding hydrogens is 255 g/mol. The van der Waals surface area contributed by atoms with Gasteiger partial charge < -0.3 is 14.6 Å². The van der Waals surface area contributed by atoms with Crippen LogP contribution in [-0.2, 0) is 4.74 Å². The number of hydrogen-bond donors (Lipinski definition) is 1. The molecule has 0 saturated carbocycles. The lowest BCUT2D eigenvalue weighted by atomic mass is 9.90. The second-order valence-corrected chi connectivity index (χ2v) is 5.61. The van der Waals surface area contributed by atoms with Crippen molar-refractivity contribution >= 4 is 11.8 Å². The molecule has 5 heteroatoms. The first-order chi connectivity index (χ1) is 8.74. The number of hydrogen-bond acceptors (Lipinski definition) is 4. The summed E-state index contributed by atoms with van der Waals surface area (Å²) >= 11 is 1.74. The van der Waals surface area contributed by atoms with Gasteiger partial charge in [-0.15, -0.1) is 0 Å².